The molecule has 6 nitrogen and oxygen atoms in total. The number of hydrogen-bond donors (Lipinski definition) is 0. The molecule has 180 valence electrons. The van der Waals surface area contributed by atoms with Gasteiger partial charge in [-0.3, -0.25) is 4.79 Å². The van der Waals surface area contributed by atoms with Gasteiger partial charge in [-0.15, -0.1) is 0 Å². The Kier molecular flexibility index (Phi) is 8.44. The van der Waals surface area contributed by atoms with Crippen LogP contribution in [-0.2, 0) is 17.7 Å². The summed E-state index contributed by atoms with van der Waals surface area (Å²) in [7, 11) is 3.12. The molecular formula is C27H31NO5S. The second-order valence-corrected chi connectivity index (χ2v) is 9.02. The van der Waals surface area contributed by atoms with Crippen molar-refractivity contribution in [3.63, 3.8) is 0 Å². The van der Waals surface area contributed by atoms with E-state index in [2.05, 4.69) is 16.8 Å². The number of methoxy groups -OCH3 is 2. The minimum Gasteiger partial charge on any atom is -0.493 e. The zero-order valence-electron chi connectivity index (χ0n) is 19.7. The largest absolute Gasteiger partial charge is 0.493 e. The minimum absolute atomic E-state index is 0.0330. The summed E-state index contributed by atoms with van der Waals surface area (Å²) in [5.74, 6) is 1.66. The summed E-state index contributed by atoms with van der Waals surface area (Å²) in [4.78, 5) is 15.5. The van der Waals surface area contributed by atoms with Crippen LogP contribution in [0.1, 0.15) is 34.3 Å². The molecule has 0 saturated carbocycles. The Balaban J connectivity index is 1.50. The molecule has 1 aliphatic rings. The van der Waals surface area contributed by atoms with Gasteiger partial charge in [-0.25, -0.2) is 0 Å². The zero-order chi connectivity index (χ0) is 23.8. The molecule has 1 atom stereocenters. The predicted molar refractivity (Wildman–Crippen MR) is 133 cm³/mol. The third-order valence-electron chi connectivity index (χ3n) is 5.88. The Morgan fingerprint density at radius 1 is 1.12 bits per heavy atom. The van der Waals surface area contributed by atoms with Gasteiger partial charge < -0.3 is 23.8 Å². The number of thiophene rings is 1. The first-order valence-electron chi connectivity index (χ1n) is 11.5. The van der Waals surface area contributed by atoms with Crippen LogP contribution in [0.15, 0.2) is 59.3 Å². The highest BCUT2D eigenvalue weighted by Crippen LogP contribution is 2.32. The fraction of sp³-hybridized carbons (Fsp3) is 0.370. The maximum absolute atomic E-state index is 13.7. The van der Waals surface area contributed by atoms with Gasteiger partial charge in [-0.2, -0.15) is 11.3 Å². The van der Waals surface area contributed by atoms with Crippen LogP contribution in [0.25, 0.3) is 0 Å². The predicted octanol–water partition coefficient (Wildman–Crippen LogP) is 5.21. The van der Waals surface area contributed by atoms with E-state index < -0.39 is 0 Å². The first-order chi connectivity index (χ1) is 16.7. The Hall–Kier alpha value is -3.03. The lowest BCUT2D eigenvalue weighted by atomic mass is 10.1. The van der Waals surface area contributed by atoms with Gasteiger partial charge in [-0.05, 0) is 65.1 Å². The van der Waals surface area contributed by atoms with Crippen LogP contribution in [-0.4, -0.2) is 50.9 Å². The smallest absolute Gasteiger partial charge is 0.258 e. The first kappa shape index (κ1) is 24.1. The summed E-state index contributed by atoms with van der Waals surface area (Å²) >= 11 is 1.69. The molecule has 0 bridgehead atoms. The highest BCUT2D eigenvalue weighted by atomic mass is 32.1. The van der Waals surface area contributed by atoms with E-state index in [1.54, 1.807) is 43.8 Å². The van der Waals surface area contributed by atoms with Crippen molar-refractivity contribution in [2.75, 3.05) is 34.0 Å². The SMILES string of the molecule is COc1cccc(C(=O)N(Cc2cccc(OCCc3ccsc3)c2)C[C@H]2CCCO2)c1OC. The second kappa shape index (κ2) is 11.9. The average Bonchev–Trinajstić information content (AvgIpc) is 3.57. The quantitative estimate of drug-likeness (QED) is 0.376. The Morgan fingerprint density at radius 3 is 2.74 bits per heavy atom. The number of nitrogens with zero attached hydrogens (tertiary/aromatic N) is 1. The van der Waals surface area contributed by atoms with Crippen LogP contribution >= 0.6 is 11.3 Å². The summed E-state index contributed by atoms with van der Waals surface area (Å²) in [6, 6.07) is 15.4. The molecule has 1 fully saturated rings. The van der Waals surface area contributed by atoms with Crippen molar-refractivity contribution >= 4 is 17.2 Å². The molecule has 0 radical (unpaired) electrons. The lowest BCUT2D eigenvalue weighted by molar-refractivity contribution is 0.0504. The Morgan fingerprint density at radius 2 is 2.00 bits per heavy atom. The monoisotopic (exact) mass is 481 g/mol. The molecule has 7 heteroatoms. The maximum Gasteiger partial charge on any atom is 0.258 e. The fourth-order valence-corrected chi connectivity index (χ4v) is 4.86. The third kappa shape index (κ3) is 6.10. The number of carbonyl (C=O) groups is 1. The number of rotatable bonds is 11. The van der Waals surface area contributed by atoms with Crippen LogP contribution in [0.5, 0.6) is 17.2 Å². The lowest BCUT2D eigenvalue weighted by Gasteiger charge is -2.27. The topological polar surface area (TPSA) is 57.2 Å². The van der Waals surface area contributed by atoms with E-state index in [-0.39, 0.29) is 12.0 Å². The summed E-state index contributed by atoms with van der Waals surface area (Å²) in [6.07, 6.45) is 2.87. The van der Waals surface area contributed by atoms with Gasteiger partial charge in [0.05, 0.1) is 32.5 Å². The highest BCUT2D eigenvalue weighted by Gasteiger charge is 2.26. The van der Waals surface area contributed by atoms with E-state index in [9.17, 15) is 4.79 Å². The fourth-order valence-electron chi connectivity index (χ4n) is 4.15. The molecule has 0 unspecified atom stereocenters. The van der Waals surface area contributed by atoms with Crippen molar-refractivity contribution in [2.24, 2.45) is 0 Å². The van der Waals surface area contributed by atoms with Gasteiger partial charge >= 0.3 is 0 Å². The molecule has 1 amide bonds. The van der Waals surface area contributed by atoms with Crippen LogP contribution in [0.2, 0.25) is 0 Å². The molecule has 0 N–H and O–H groups in total. The van der Waals surface area contributed by atoms with Crippen LogP contribution in [0, 0.1) is 0 Å². The van der Waals surface area contributed by atoms with Crippen molar-refractivity contribution < 1.29 is 23.7 Å². The molecule has 1 saturated heterocycles. The van der Waals surface area contributed by atoms with Gasteiger partial charge in [0.15, 0.2) is 11.5 Å². The third-order valence-corrected chi connectivity index (χ3v) is 6.61. The van der Waals surface area contributed by atoms with E-state index in [0.717, 1.165) is 37.2 Å². The standard InChI is InChI=1S/C27H31NO5S/c1-30-25-10-4-9-24(26(25)31-2)27(29)28(18-23-8-5-13-32-23)17-21-6-3-7-22(16-21)33-14-11-20-12-15-34-19-20/h3-4,6-7,9-10,12,15-16,19,23H,5,8,11,13-14,17-18H2,1-2H3/t23-/m1/s1. The molecular weight excluding hydrogens is 450 g/mol. The molecule has 3 aromatic rings. The molecule has 1 aromatic heterocycles. The van der Waals surface area contributed by atoms with Crippen molar-refractivity contribution in [1.29, 1.82) is 0 Å². The lowest BCUT2D eigenvalue weighted by Crippen LogP contribution is -2.37. The van der Waals surface area contributed by atoms with Crippen molar-refractivity contribution in [2.45, 2.75) is 31.9 Å². The van der Waals surface area contributed by atoms with Crippen molar-refractivity contribution in [3.8, 4) is 17.2 Å². The summed E-state index contributed by atoms with van der Waals surface area (Å²) in [5.41, 5.74) is 2.76. The number of para-hydroxylation sites is 1. The van der Waals surface area contributed by atoms with E-state index in [1.165, 1.54) is 5.56 Å². The molecule has 4 rings (SSSR count). The second-order valence-electron chi connectivity index (χ2n) is 8.24. The normalized spacial score (nSPS) is 15.2. The molecule has 0 aliphatic carbocycles. The van der Waals surface area contributed by atoms with Crippen molar-refractivity contribution in [3.05, 3.63) is 76.0 Å². The summed E-state index contributed by atoms with van der Waals surface area (Å²) < 4.78 is 22.8. The van der Waals surface area contributed by atoms with E-state index in [0.29, 0.717) is 36.8 Å². The zero-order valence-corrected chi connectivity index (χ0v) is 20.5. The number of amides is 1. The van der Waals surface area contributed by atoms with E-state index in [1.807, 2.05) is 29.2 Å². The molecule has 2 aromatic carbocycles. The Bertz CT molecular complexity index is 1060. The average molecular weight is 482 g/mol. The first-order valence-corrected chi connectivity index (χ1v) is 12.5. The van der Waals surface area contributed by atoms with Gasteiger partial charge in [0.2, 0.25) is 0 Å². The number of ether oxygens (including phenoxy) is 4. The van der Waals surface area contributed by atoms with Crippen LogP contribution in [0.4, 0.5) is 0 Å². The van der Waals surface area contributed by atoms with Crippen LogP contribution < -0.4 is 14.2 Å². The van der Waals surface area contributed by atoms with Gasteiger partial charge in [-0.1, -0.05) is 18.2 Å². The highest BCUT2D eigenvalue weighted by molar-refractivity contribution is 7.07. The van der Waals surface area contributed by atoms with E-state index in [4.69, 9.17) is 18.9 Å². The van der Waals surface area contributed by atoms with Crippen molar-refractivity contribution in [1.82, 2.24) is 4.90 Å². The molecule has 34 heavy (non-hydrogen) atoms. The van der Waals surface area contributed by atoms with E-state index >= 15 is 0 Å². The number of carbonyl (C=O) groups excluding carboxylic acids is 1. The molecule has 2 heterocycles. The number of hydrogen-bond acceptors (Lipinski definition) is 6. The summed E-state index contributed by atoms with van der Waals surface area (Å²) in [5, 5.41) is 4.22. The number of benzene rings is 2. The summed E-state index contributed by atoms with van der Waals surface area (Å²) in [6.45, 7) is 2.31. The molecule has 1 aliphatic heterocycles. The maximum atomic E-state index is 13.7. The minimum atomic E-state index is -0.116. The van der Waals surface area contributed by atoms with Crippen LogP contribution in [0.3, 0.4) is 0 Å². The van der Waals surface area contributed by atoms with Gasteiger partial charge in [0.25, 0.3) is 5.91 Å². The van der Waals surface area contributed by atoms with Gasteiger partial charge in [0.1, 0.15) is 5.75 Å². The van der Waals surface area contributed by atoms with Gasteiger partial charge in [0, 0.05) is 26.1 Å². The molecule has 0 spiro atoms. The Labute approximate surface area is 205 Å².